The van der Waals surface area contributed by atoms with Crippen LogP contribution in [0.5, 0.6) is 5.75 Å². The highest BCUT2D eigenvalue weighted by atomic mass is 32.2. The molecular formula is C26H44N4O5S. The number of aryl methyl sites for hydroxylation is 2. The van der Waals surface area contributed by atoms with Gasteiger partial charge in [0.2, 0.25) is 15.9 Å². The Hall–Kier alpha value is -1.72. The summed E-state index contributed by atoms with van der Waals surface area (Å²) >= 11 is 0. The summed E-state index contributed by atoms with van der Waals surface area (Å²) in [4.78, 5) is 19.8. The molecule has 10 heteroatoms. The van der Waals surface area contributed by atoms with E-state index in [1.165, 1.54) is 11.4 Å². The Morgan fingerprint density at radius 2 is 1.61 bits per heavy atom. The minimum atomic E-state index is -3.68. The van der Waals surface area contributed by atoms with E-state index in [1.807, 2.05) is 11.9 Å². The number of rotatable bonds is 10. The number of carbonyl (C=O) groups is 1. The van der Waals surface area contributed by atoms with E-state index in [1.54, 1.807) is 33.1 Å². The smallest absolute Gasteiger partial charge is 0.248 e. The number of sulfonamides is 1. The van der Waals surface area contributed by atoms with E-state index >= 15 is 0 Å². The van der Waals surface area contributed by atoms with Crippen molar-refractivity contribution in [3.8, 4) is 5.75 Å². The number of carbonyl (C=O) groups excluding carboxylic acids is 1. The fourth-order valence-corrected chi connectivity index (χ4v) is 6.93. The molecule has 0 N–H and O–H groups in total. The summed E-state index contributed by atoms with van der Waals surface area (Å²) in [6, 6.07) is 4.31. The van der Waals surface area contributed by atoms with Gasteiger partial charge in [0, 0.05) is 58.9 Å². The number of benzene rings is 1. The highest BCUT2D eigenvalue weighted by Gasteiger charge is 2.31. The van der Waals surface area contributed by atoms with Crippen LogP contribution < -0.4 is 4.74 Å². The van der Waals surface area contributed by atoms with Crippen LogP contribution in [0.4, 0.5) is 0 Å². The number of methoxy groups -OCH3 is 1. The molecule has 9 nitrogen and oxygen atoms in total. The summed E-state index contributed by atoms with van der Waals surface area (Å²) in [7, 11) is 3.45. The third kappa shape index (κ3) is 6.98. The molecule has 0 radical (unpaired) electrons. The van der Waals surface area contributed by atoms with E-state index in [0.29, 0.717) is 22.9 Å². The predicted octanol–water partition coefficient (Wildman–Crippen LogP) is 1.97. The first-order chi connectivity index (χ1) is 17.0. The first kappa shape index (κ1) is 28.8. The molecule has 1 aromatic carbocycles. The first-order valence-electron chi connectivity index (χ1n) is 12.9. The second-order valence-corrected chi connectivity index (χ2v) is 12.3. The summed E-state index contributed by atoms with van der Waals surface area (Å²) in [6.07, 6.45) is 4.28. The van der Waals surface area contributed by atoms with Crippen molar-refractivity contribution < 1.29 is 22.7 Å². The van der Waals surface area contributed by atoms with Gasteiger partial charge in [0.25, 0.3) is 0 Å². The van der Waals surface area contributed by atoms with Crippen molar-refractivity contribution >= 4 is 15.9 Å². The molecule has 1 amide bonds. The van der Waals surface area contributed by atoms with E-state index in [2.05, 4.69) is 16.8 Å². The zero-order valence-electron chi connectivity index (χ0n) is 22.8. The molecule has 1 saturated carbocycles. The van der Waals surface area contributed by atoms with Crippen molar-refractivity contribution in [2.45, 2.75) is 56.5 Å². The lowest BCUT2D eigenvalue weighted by Gasteiger charge is -2.42. The van der Waals surface area contributed by atoms with Crippen LogP contribution in [-0.2, 0) is 19.6 Å². The molecule has 1 saturated heterocycles. The molecule has 3 rings (SSSR count). The standard InChI is InChI=1S/C26H44N4O5S/c1-20-17-24(34-6)18-21(2)26(20)36(32,33)28(4)15-16-35-19-25(31)29(5)22-7-9-23(10-8-22)30-13-11-27(3)12-14-30/h17-18,22-23H,7-16,19H2,1-6H3/t22-,23-. The van der Waals surface area contributed by atoms with Crippen LogP contribution in [0.3, 0.4) is 0 Å². The van der Waals surface area contributed by atoms with Gasteiger partial charge in [-0.1, -0.05) is 0 Å². The number of amides is 1. The summed E-state index contributed by atoms with van der Waals surface area (Å²) in [5.74, 6) is 0.579. The van der Waals surface area contributed by atoms with E-state index in [9.17, 15) is 13.2 Å². The number of piperazine rings is 1. The molecule has 0 unspecified atom stereocenters. The van der Waals surface area contributed by atoms with Gasteiger partial charge in [-0.2, -0.15) is 4.31 Å². The number of nitrogens with zero attached hydrogens (tertiary/aromatic N) is 4. The van der Waals surface area contributed by atoms with Crippen LogP contribution in [-0.4, -0.2) is 120 Å². The quantitative estimate of drug-likeness (QED) is 0.433. The Balaban J connectivity index is 1.42. The molecule has 0 spiro atoms. The zero-order valence-corrected chi connectivity index (χ0v) is 23.6. The highest BCUT2D eigenvalue weighted by Crippen LogP contribution is 2.28. The molecule has 0 aromatic heterocycles. The fraction of sp³-hybridized carbons (Fsp3) is 0.731. The number of ether oxygens (including phenoxy) is 2. The lowest BCUT2D eigenvalue weighted by atomic mass is 9.89. The van der Waals surface area contributed by atoms with Gasteiger partial charge in [-0.25, -0.2) is 8.42 Å². The van der Waals surface area contributed by atoms with E-state index in [4.69, 9.17) is 9.47 Å². The minimum Gasteiger partial charge on any atom is -0.497 e. The van der Waals surface area contributed by atoms with Crippen LogP contribution in [0.25, 0.3) is 0 Å². The van der Waals surface area contributed by atoms with Gasteiger partial charge >= 0.3 is 0 Å². The Kier molecular flexibility index (Phi) is 10.2. The zero-order chi connectivity index (χ0) is 26.5. The topological polar surface area (TPSA) is 82.6 Å². The lowest BCUT2D eigenvalue weighted by molar-refractivity contribution is -0.137. The SMILES string of the molecule is COc1cc(C)c(S(=O)(=O)N(C)CCOCC(=O)N(C)[C@H]2CC[C@H](N3CCN(C)CC3)CC2)c(C)c1. The van der Waals surface area contributed by atoms with Gasteiger partial charge in [0.05, 0.1) is 18.6 Å². The van der Waals surface area contributed by atoms with Crippen molar-refractivity contribution in [2.24, 2.45) is 0 Å². The van der Waals surface area contributed by atoms with Gasteiger partial charge in [-0.15, -0.1) is 0 Å². The van der Waals surface area contributed by atoms with Crippen LogP contribution in [0.1, 0.15) is 36.8 Å². The van der Waals surface area contributed by atoms with E-state index in [-0.39, 0.29) is 36.6 Å². The summed E-state index contributed by atoms with van der Waals surface area (Å²) < 4.78 is 38.4. The van der Waals surface area contributed by atoms with Crippen LogP contribution in [0.15, 0.2) is 17.0 Å². The third-order valence-corrected chi connectivity index (χ3v) is 9.94. The predicted molar refractivity (Wildman–Crippen MR) is 141 cm³/mol. The molecular weight excluding hydrogens is 480 g/mol. The van der Waals surface area contributed by atoms with Crippen molar-refractivity contribution in [2.75, 3.05) is 74.2 Å². The molecule has 1 aromatic rings. The summed E-state index contributed by atoms with van der Waals surface area (Å²) in [6.45, 7) is 8.34. The van der Waals surface area contributed by atoms with Crippen molar-refractivity contribution in [3.63, 3.8) is 0 Å². The molecule has 1 aliphatic carbocycles. The number of hydrogen-bond donors (Lipinski definition) is 0. The first-order valence-corrected chi connectivity index (χ1v) is 14.4. The second-order valence-electron chi connectivity index (χ2n) is 10.3. The van der Waals surface area contributed by atoms with Gasteiger partial charge in [0.15, 0.2) is 0 Å². The summed E-state index contributed by atoms with van der Waals surface area (Å²) in [5, 5.41) is 0. The van der Waals surface area contributed by atoms with Gasteiger partial charge in [-0.05, 0) is 69.8 Å². The fourth-order valence-electron chi connectivity index (χ4n) is 5.37. The second kappa shape index (κ2) is 12.7. The van der Waals surface area contributed by atoms with Crippen molar-refractivity contribution in [3.05, 3.63) is 23.3 Å². The van der Waals surface area contributed by atoms with Crippen LogP contribution in [0.2, 0.25) is 0 Å². The molecule has 204 valence electrons. The monoisotopic (exact) mass is 524 g/mol. The largest absolute Gasteiger partial charge is 0.497 e. The molecule has 2 aliphatic rings. The molecule has 2 fully saturated rings. The molecule has 0 bridgehead atoms. The molecule has 1 heterocycles. The lowest BCUT2D eigenvalue weighted by Crippen LogP contribution is -2.51. The van der Waals surface area contributed by atoms with Crippen LogP contribution >= 0.6 is 0 Å². The third-order valence-electron chi connectivity index (χ3n) is 7.78. The van der Waals surface area contributed by atoms with Crippen molar-refractivity contribution in [1.82, 2.24) is 19.0 Å². The average Bonchev–Trinajstić information content (AvgIpc) is 2.85. The van der Waals surface area contributed by atoms with E-state index in [0.717, 1.165) is 51.9 Å². The molecule has 0 atom stereocenters. The Morgan fingerprint density at radius 1 is 1.03 bits per heavy atom. The van der Waals surface area contributed by atoms with E-state index < -0.39 is 10.0 Å². The van der Waals surface area contributed by atoms with Gasteiger partial charge in [-0.3, -0.25) is 9.69 Å². The Bertz CT molecular complexity index is 963. The van der Waals surface area contributed by atoms with Gasteiger partial charge < -0.3 is 19.3 Å². The normalized spacial score (nSPS) is 22.1. The maximum Gasteiger partial charge on any atom is 0.248 e. The highest BCUT2D eigenvalue weighted by molar-refractivity contribution is 7.89. The van der Waals surface area contributed by atoms with Crippen LogP contribution in [0, 0.1) is 13.8 Å². The number of hydrogen-bond acceptors (Lipinski definition) is 7. The Labute approximate surface area is 217 Å². The Morgan fingerprint density at radius 3 is 2.17 bits per heavy atom. The molecule has 1 aliphatic heterocycles. The number of likely N-dealkylation sites (N-methyl/N-ethyl adjacent to an activating group) is 3. The summed E-state index contributed by atoms with van der Waals surface area (Å²) in [5.41, 5.74) is 1.28. The molecule has 36 heavy (non-hydrogen) atoms. The van der Waals surface area contributed by atoms with Gasteiger partial charge in [0.1, 0.15) is 12.4 Å². The maximum absolute atomic E-state index is 13.1. The maximum atomic E-state index is 13.1. The van der Waals surface area contributed by atoms with Crippen molar-refractivity contribution in [1.29, 1.82) is 0 Å². The average molecular weight is 525 g/mol. The minimum absolute atomic E-state index is 0.0383.